The quantitative estimate of drug-likeness (QED) is 0.418. The second-order valence-electron chi connectivity index (χ2n) is 7.42. The first-order chi connectivity index (χ1) is 12.8. The predicted octanol–water partition coefficient (Wildman–Crippen LogP) is 7.64. The van der Waals surface area contributed by atoms with E-state index in [1.54, 1.807) is 5.57 Å². The summed E-state index contributed by atoms with van der Waals surface area (Å²) in [7, 11) is 0. The maximum Gasteiger partial charge on any atom is 0.0273 e. The van der Waals surface area contributed by atoms with Gasteiger partial charge in [-0.2, -0.15) is 0 Å². The topological polar surface area (TPSA) is 26.0 Å². The molecule has 0 aliphatic heterocycles. The highest BCUT2D eigenvalue weighted by Crippen LogP contribution is 2.30. The Balaban J connectivity index is 3.22. The third kappa shape index (κ3) is 7.46. The van der Waals surface area contributed by atoms with E-state index in [4.69, 9.17) is 5.73 Å². The van der Waals surface area contributed by atoms with Crippen molar-refractivity contribution in [3.05, 3.63) is 94.3 Å². The second kappa shape index (κ2) is 11.4. The van der Waals surface area contributed by atoms with Gasteiger partial charge in [0.25, 0.3) is 0 Å². The molecule has 1 aliphatic carbocycles. The molecule has 0 unspecified atom stereocenters. The fraction of sp³-hybridized carbons (Fsp3) is 0.385. The Bertz CT molecular complexity index is 745. The zero-order chi connectivity index (χ0) is 20.4. The summed E-state index contributed by atoms with van der Waals surface area (Å²) in [5.74, 6) is 0. The van der Waals surface area contributed by atoms with E-state index in [0.29, 0.717) is 5.70 Å². The van der Waals surface area contributed by atoms with Crippen LogP contribution in [-0.2, 0) is 0 Å². The molecule has 1 heteroatoms. The van der Waals surface area contributed by atoms with E-state index < -0.39 is 0 Å². The smallest absolute Gasteiger partial charge is 0.0273 e. The van der Waals surface area contributed by atoms with Crippen molar-refractivity contribution in [3.8, 4) is 0 Å². The molecule has 1 nitrogen and oxygen atoms in total. The molecule has 0 radical (unpaired) electrons. The molecule has 1 aliphatic rings. The van der Waals surface area contributed by atoms with E-state index >= 15 is 0 Å². The molecule has 0 aromatic rings. The van der Waals surface area contributed by atoms with Crippen LogP contribution in [0.15, 0.2) is 94.3 Å². The molecular formula is C26H37N. The number of nitrogens with two attached hydrogens (primary N) is 1. The van der Waals surface area contributed by atoms with Crippen LogP contribution < -0.4 is 5.73 Å². The Morgan fingerprint density at radius 1 is 1.22 bits per heavy atom. The van der Waals surface area contributed by atoms with Gasteiger partial charge in [0.05, 0.1) is 0 Å². The van der Waals surface area contributed by atoms with Crippen molar-refractivity contribution in [1.82, 2.24) is 0 Å². The minimum absolute atomic E-state index is 0.667. The van der Waals surface area contributed by atoms with Crippen LogP contribution in [0.1, 0.15) is 66.7 Å². The van der Waals surface area contributed by atoms with Gasteiger partial charge in [0, 0.05) is 5.70 Å². The summed E-state index contributed by atoms with van der Waals surface area (Å²) in [4.78, 5) is 0. The molecule has 0 amide bonds. The van der Waals surface area contributed by atoms with Crippen LogP contribution in [0.25, 0.3) is 0 Å². The molecule has 0 spiro atoms. The van der Waals surface area contributed by atoms with E-state index in [0.717, 1.165) is 31.3 Å². The SMILES string of the molecule is C=C/C(C)=C\C=C(/C)CC1=C(CCC)CC=C(/C=C(\CC)C(=C)N)C(C)=C1. The van der Waals surface area contributed by atoms with Crippen LogP contribution in [0.2, 0.25) is 0 Å². The van der Waals surface area contributed by atoms with Gasteiger partial charge in [-0.05, 0) is 74.8 Å². The molecule has 27 heavy (non-hydrogen) atoms. The Morgan fingerprint density at radius 3 is 2.48 bits per heavy atom. The average molecular weight is 364 g/mol. The lowest BCUT2D eigenvalue weighted by Crippen LogP contribution is -1.99. The normalized spacial score (nSPS) is 16.7. The number of allylic oxidation sites excluding steroid dienone is 13. The van der Waals surface area contributed by atoms with Gasteiger partial charge in [-0.15, -0.1) is 0 Å². The van der Waals surface area contributed by atoms with Crippen LogP contribution in [0.5, 0.6) is 0 Å². The zero-order valence-electron chi connectivity index (χ0n) is 18.0. The zero-order valence-corrected chi connectivity index (χ0v) is 18.0. The third-order valence-corrected chi connectivity index (χ3v) is 4.97. The van der Waals surface area contributed by atoms with Crippen molar-refractivity contribution < 1.29 is 0 Å². The van der Waals surface area contributed by atoms with Crippen LogP contribution in [0, 0.1) is 0 Å². The largest absolute Gasteiger partial charge is 0.399 e. The Morgan fingerprint density at radius 2 is 1.93 bits per heavy atom. The summed E-state index contributed by atoms with van der Waals surface area (Å²) in [6, 6.07) is 0. The van der Waals surface area contributed by atoms with Gasteiger partial charge in [0.15, 0.2) is 0 Å². The van der Waals surface area contributed by atoms with Gasteiger partial charge in [-0.1, -0.05) is 80.5 Å². The summed E-state index contributed by atoms with van der Waals surface area (Å²) in [6.07, 6.45) is 18.4. The minimum atomic E-state index is 0.667. The van der Waals surface area contributed by atoms with E-state index in [9.17, 15) is 0 Å². The highest BCUT2D eigenvalue weighted by molar-refractivity contribution is 5.50. The summed E-state index contributed by atoms with van der Waals surface area (Å²) in [5.41, 5.74) is 15.9. The molecule has 0 heterocycles. The minimum Gasteiger partial charge on any atom is -0.399 e. The highest BCUT2D eigenvalue weighted by Gasteiger charge is 2.11. The van der Waals surface area contributed by atoms with E-state index in [1.165, 1.54) is 34.3 Å². The first-order valence-electron chi connectivity index (χ1n) is 10.0. The Labute approximate surface area is 167 Å². The summed E-state index contributed by atoms with van der Waals surface area (Å²) >= 11 is 0. The van der Waals surface area contributed by atoms with Gasteiger partial charge in [-0.25, -0.2) is 0 Å². The molecule has 146 valence electrons. The van der Waals surface area contributed by atoms with Crippen molar-refractivity contribution in [2.45, 2.75) is 66.7 Å². The van der Waals surface area contributed by atoms with Gasteiger partial charge in [0.1, 0.15) is 0 Å². The maximum atomic E-state index is 5.95. The lowest BCUT2D eigenvalue weighted by Gasteiger charge is -2.11. The van der Waals surface area contributed by atoms with E-state index in [-0.39, 0.29) is 0 Å². The molecule has 0 bridgehead atoms. The summed E-state index contributed by atoms with van der Waals surface area (Å²) in [6.45, 7) is 18.6. The van der Waals surface area contributed by atoms with Crippen LogP contribution in [-0.4, -0.2) is 0 Å². The molecule has 1 rings (SSSR count). The molecule has 0 saturated carbocycles. The average Bonchev–Trinajstić information content (AvgIpc) is 2.77. The van der Waals surface area contributed by atoms with Crippen LogP contribution in [0.4, 0.5) is 0 Å². The molecule has 0 aromatic carbocycles. The van der Waals surface area contributed by atoms with Crippen LogP contribution in [0.3, 0.4) is 0 Å². The molecule has 0 aromatic heterocycles. The van der Waals surface area contributed by atoms with Gasteiger partial charge >= 0.3 is 0 Å². The van der Waals surface area contributed by atoms with Crippen molar-refractivity contribution in [3.63, 3.8) is 0 Å². The van der Waals surface area contributed by atoms with Crippen molar-refractivity contribution in [2.75, 3.05) is 0 Å². The lowest BCUT2D eigenvalue weighted by molar-refractivity contribution is 0.860. The van der Waals surface area contributed by atoms with Gasteiger partial charge < -0.3 is 5.73 Å². The molecule has 0 atom stereocenters. The van der Waals surface area contributed by atoms with Crippen molar-refractivity contribution in [2.24, 2.45) is 5.73 Å². The highest BCUT2D eigenvalue weighted by atomic mass is 14.6. The first-order valence-corrected chi connectivity index (χ1v) is 10.0. The summed E-state index contributed by atoms with van der Waals surface area (Å²) in [5, 5.41) is 0. The fourth-order valence-corrected chi connectivity index (χ4v) is 3.20. The fourth-order valence-electron chi connectivity index (χ4n) is 3.20. The van der Waals surface area contributed by atoms with Crippen molar-refractivity contribution in [1.29, 1.82) is 0 Å². The van der Waals surface area contributed by atoms with Gasteiger partial charge in [0.2, 0.25) is 0 Å². The van der Waals surface area contributed by atoms with Crippen molar-refractivity contribution >= 4 is 0 Å². The lowest BCUT2D eigenvalue weighted by atomic mass is 9.95. The maximum absolute atomic E-state index is 5.95. The molecule has 0 fully saturated rings. The van der Waals surface area contributed by atoms with Gasteiger partial charge in [-0.3, -0.25) is 0 Å². The van der Waals surface area contributed by atoms with E-state index in [2.05, 4.69) is 78.2 Å². The second-order valence-corrected chi connectivity index (χ2v) is 7.42. The molecule has 0 saturated heterocycles. The number of hydrogen-bond acceptors (Lipinski definition) is 1. The third-order valence-electron chi connectivity index (χ3n) is 4.97. The molecule has 2 N–H and O–H groups in total. The Kier molecular flexibility index (Phi) is 9.64. The standard InChI is InChI=1S/C26H37N/c1-8-11-24-14-15-25(18-23(10-3)22(7)27)21(6)17-26(24)16-20(5)13-12-19(4)9-2/h9,12-13,15,17-18H,2,7-8,10-11,14,16,27H2,1,3-6H3/b19-12-,20-13+,23-18+. The predicted molar refractivity (Wildman–Crippen MR) is 122 cm³/mol. The Hall–Kier alpha value is -2.28. The van der Waals surface area contributed by atoms with Crippen LogP contribution >= 0.6 is 0 Å². The monoisotopic (exact) mass is 363 g/mol. The number of rotatable bonds is 9. The first kappa shape index (κ1) is 22.8. The van der Waals surface area contributed by atoms with E-state index in [1.807, 2.05) is 6.08 Å². The number of hydrogen-bond donors (Lipinski definition) is 1. The molecular weight excluding hydrogens is 326 g/mol. The summed E-state index contributed by atoms with van der Waals surface area (Å²) < 4.78 is 0.